The number of nitrogens with one attached hydrogen (secondary N) is 1. The highest BCUT2D eigenvalue weighted by Crippen LogP contribution is 2.40. The van der Waals surface area contributed by atoms with E-state index in [4.69, 9.17) is 16.3 Å². The number of aromatic nitrogens is 4. The molecule has 0 aliphatic carbocycles. The predicted molar refractivity (Wildman–Crippen MR) is 134 cm³/mol. The second kappa shape index (κ2) is 9.37. The molecule has 1 N–H and O–H groups in total. The molecule has 4 aromatic rings. The molecule has 0 atom stereocenters. The van der Waals surface area contributed by atoms with Gasteiger partial charge in [-0.25, -0.2) is 17.2 Å². The quantitative estimate of drug-likeness (QED) is 0.361. The third kappa shape index (κ3) is 4.77. The molecule has 1 aliphatic rings. The lowest BCUT2D eigenvalue weighted by Gasteiger charge is -2.33. The van der Waals surface area contributed by atoms with E-state index in [0.717, 1.165) is 11.3 Å². The van der Waals surface area contributed by atoms with E-state index in [1.807, 2.05) is 0 Å². The Bertz CT molecular complexity index is 1530. The Balaban J connectivity index is 1.52. The maximum Gasteiger partial charge on any atom is 0.263 e. The summed E-state index contributed by atoms with van der Waals surface area (Å²) in [5, 5.41) is 9.03. The van der Waals surface area contributed by atoms with Gasteiger partial charge in [-0.3, -0.25) is 9.71 Å². The highest BCUT2D eigenvalue weighted by atomic mass is 35.5. The summed E-state index contributed by atoms with van der Waals surface area (Å²) in [7, 11) is -2.43. The Morgan fingerprint density at radius 2 is 1.97 bits per heavy atom. The average Bonchev–Trinajstić information content (AvgIpc) is 3.36. The van der Waals surface area contributed by atoms with Crippen molar-refractivity contribution in [2.75, 3.05) is 29.8 Å². The molecular formula is C22H19ClF2N6O3S2. The van der Waals surface area contributed by atoms with Gasteiger partial charge in [-0.1, -0.05) is 29.0 Å². The molecule has 0 bridgehead atoms. The third-order valence-corrected chi connectivity index (χ3v) is 8.14. The van der Waals surface area contributed by atoms with Crippen LogP contribution in [-0.2, 0) is 10.0 Å². The summed E-state index contributed by atoms with van der Waals surface area (Å²) >= 11 is 7.61. The highest BCUT2D eigenvalue weighted by Gasteiger charge is 2.35. The molecule has 1 aliphatic heterocycles. The van der Waals surface area contributed by atoms with Crippen LogP contribution in [0, 0.1) is 0 Å². The molecule has 0 radical (unpaired) electrons. The van der Waals surface area contributed by atoms with Gasteiger partial charge in [-0.05, 0) is 29.7 Å². The number of nitrogens with zero attached hydrogens (tertiary/aromatic N) is 5. The fourth-order valence-corrected chi connectivity index (χ4v) is 5.98. The minimum atomic E-state index is -3.88. The zero-order valence-electron chi connectivity index (χ0n) is 18.8. The number of benzene rings is 1. The number of pyridine rings is 2. The first kappa shape index (κ1) is 24.5. The van der Waals surface area contributed by atoms with E-state index >= 15 is 0 Å². The summed E-state index contributed by atoms with van der Waals surface area (Å²) < 4.78 is 60.7. The number of anilines is 2. The molecule has 1 saturated heterocycles. The lowest BCUT2D eigenvalue weighted by atomic mass is 10.0. The number of hydrogen-bond donors (Lipinski definition) is 1. The van der Waals surface area contributed by atoms with E-state index < -0.39 is 15.9 Å². The monoisotopic (exact) mass is 552 g/mol. The van der Waals surface area contributed by atoms with Gasteiger partial charge in [0.2, 0.25) is 11.0 Å². The molecule has 0 amide bonds. The Labute approximate surface area is 214 Å². The van der Waals surface area contributed by atoms with Gasteiger partial charge in [-0.2, -0.15) is 4.98 Å². The summed E-state index contributed by atoms with van der Waals surface area (Å²) in [5.41, 5.74) is 2.40. The standard InChI is InChI=1S/C22H19ClF2N6O3S2/c1-34-20-16(11-17(23)19(28-20)31-8-5-22(24,25)6-9-31)18-15-3-2-14(10-13(15)4-7-26-18)36(32,33)30-21-29-27-12-35-21/h2-4,7,10-12H,5-6,8-9H2,1H3,(H,29,30). The predicted octanol–water partition coefficient (Wildman–Crippen LogP) is 4.85. The second-order valence-corrected chi connectivity index (χ2v) is 11.0. The van der Waals surface area contributed by atoms with Crippen molar-refractivity contribution in [2.45, 2.75) is 23.7 Å². The molecule has 0 unspecified atom stereocenters. The number of halogens is 3. The molecule has 0 spiro atoms. The van der Waals surface area contributed by atoms with Gasteiger partial charge in [0.25, 0.3) is 15.9 Å². The molecule has 9 nitrogen and oxygen atoms in total. The summed E-state index contributed by atoms with van der Waals surface area (Å²) in [6, 6.07) is 7.94. The van der Waals surface area contributed by atoms with E-state index in [1.165, 1.54) is 24.8 Å². The first-order valence-corrected chi connectivity index (χ1v) is 13.5. The van der Waals surface area contributed by atoms with Gasteiger partial charge in [0.1, 0.15) is 5.51 Å². The summed E-state index contributed by atoms with van der Waals surface area (Å²) in [4.78, 5) is 10.7. The Hall–Kier alpha value is -3.16. The van der Waals surface area contributed by atoms with E-state index in [0.29, 0.717) is 27.8 Å². The van der Waals surface area contributed by atoms with Crippen LogP contribution in [0.25, 0.3) is 22.0 Å². The topological polar surface area (TPSA) is 110 Å². The van der Waals surface area contributed by atoms with E-state index in [-0.39, 0.29) is 46.9 Å². The Morgan fingerprint density at radius 1 is 1.19 bits per heavy atom. The van der Waals surface area contributed by atoms with E-state index in [9.17, 15) is 17.2 Å². The SMILES string of the molecule is COc1nc(N2CCC(F)(F)CC2)c(Cl)cc1-c1nccc2cc(S(=O)(=O)Nc3nncs3)ccc12. The van der Waals surface area contributed by atoms with Crippen LogP contribution in [-0.4, -0.2) is 54.7 Å². The maximum atomic E-state index is 13.6. The summed E-state index contributed by atoms with van der Waals surface area (Å²) in [6.45, 7) is 0.244. The van der Waals surface area contributed by atoms with E-state index in [1.54, 1.807) is 29.3 Å². The second-order valence-electron chi connectivity index (χ2n) is 8.09. The number of piperidine rings is 1. The number of sulfonamides is 1. The molecule has 1 aromatic carbocycles. The zero-order valence-corrected chi connectivity index (χ0v) is 21.2. The van der Waals surface area contributed by atoms with Gasteiger partial charge >= 0.3 is 0 Å². The van der Waals surface area contributed by atoms with Crippen LogP contribution in [0.3, 0.4) is 0 Å². The number of methoxy groups -OCH3 is 1. The van der Waals surface area contributed by atoms with Crippen molar-refractivity contribution >= 4 is 54.7 Å². The minimum Gasteiger partial charge on any atom is -0.480 e. The Kier molecular flexibility index (Phi) is 6.39. The zero-order chi connectivity index (χ0) is 25.5. The van der Waals surface area contributed by atoms with Gasteiger partial charge in [0, 0.05) is 37.5 Å². The number of hydrogen-bond acceptors (Lipinski definition) is 9. The molecule has 5 rings (SSSR count). The van der Waals surface area contributed by atoms with Crippen LogP contribution in [0.1, 0.15) is 12.8 Å². The van der Waals surface area contributed by atoms with Gasteiger partial charge in [-0.15, -0.1) is 10.2 Å². The van der Waals surface area contributed by atoms with Crippen molar-refractivity contribution in [3.05, 3.63) is 47.1 Å². The first-order valence-electron chi connectivity index (χ1n) is 10.7. The van der Waals surface area contributed by atoms with Crippen LogP contribution < -0.4 is 14.4 Å². The first-order chi connectivity index (χ1) is 17.2. The molecule has 0 saturated carbocycles. The lowest BCUT2D eigenvalue weighted by Crippen LogP contribution is -2.39. The summed E-state index contributed by atoms with van der Waals surface area (Å²) in [5.74, 6) is -2.11. The third-order valence-electron chi connectivity index (χ3n) is 5.79. The highest BCUT2D eigenvalue weighted by molar-refractivity contribution is 7.93. The number of ether oxygens (including phenoxy) is 1. The number of fused-ring (bicyclic) bond motifs is 1. The molecular weight excluding hydrogens is 534 g/mol. The van der Waals surface area contributed by atoms with Crippen LogP contribution in [0.5, 0.6) is 5.88 Å². The van der Waals surface area contributed by atoms with Crippen LogP contribution in [0.15, 0.2) is 46.9 Å². The molecule has 4 heterocycles. The number of rotatable bonds is 6. The van der Waals surface area contributed by atoms with Crippen molar-refractivity contribution in [3.63, 3.8) is 0 Å². The van der Waals surface area contributed by atoms with Gasteiger partial charge in [0.05, 0.1) is 28.3 Å². The molecule has 188 valence electrons. The van der Waals surface area contributed by atoms with Gasteiger partial charge < -0.3 is 9.64 Å². The molecule has 14 heteroatoms. The molecule has 1 fully saturated rings. The minimum absolute atomic E-state index is 0.0442. The fraction of sp³-hybridized carbons (Fsp3) is 0.273. The lowest BCUT2D eigenvalue weighted by molar-refractivity contribution is -0.0221. The largest absolute Gasteiger partial charge is 0.480 e. The smallest absolute Gasteiger partial charge is 0.263 e. The Morgan fingerprint density at radius 3 is 2.67 bits per heavy atom. The average molecular weight is 553 g/mol. The maximum absolute atomic E-state index is 13.6. The number of alkyl halides is 2. The van der Waals surface area contributed by atoms with Crippen LogP contribution >= 0.6 is 22.9 Å². The van der Waals surface area contributed by atoms with Crippen LogP contribution in [0.2, 0.25) is 5.02 Å². The normalized spacial score (nSPS) is 15.7. The van der Waals surface area contributed by atoms with Crippen LogP contribution in [0.4, 0.5) is 19.7 Å². The van der Waals surface area contributed by atoms with Crippen molar-refractivity contribution in [1.29, 1.82) is 0 Å². The summed E-state index contributed by atoms with van der Waals surface area (Å²) in [6.07, 6.45) is 0.985. The molecule has 36 heavy (non-hydrogen) atoms. The van der Waals surface area contributed by atoms with E-state index in [2.05, 4.69) is 24.9 Å². The van der Waals surface area contributed by atoms with Crippen molar-refractivity contribution in [1.82, 2.24) is 20.2 Å². The molecule has 3 aromatic heterocycles. The fourth-order valence-electron chi connectivity index (χ4n) is 3.98. The van der Waals surface area contributed by atoms with Crippen molar-refractivity contribution in [2.24, 2.45) is 0 Å². The van der Waals surface area contributed by atoms with Crippen molar-refractivity contribution in [3.8, 4) is 17.1 Å². The van der Waals surface area contributed by atoms with Crippen molar-refractivity contribution < 1.29 is 21.9 Å². The van der Waals surface area contributed by atoms with Gasteiger partial charge in [0.15, 0.2) is 5.82 Å².